The molecule has 0 spiro atoms. The first-order chi connectivity index (χ1) is 10.4. The average molecular weight is 345 g/mol. The number of thiophene rings is 1. The second kappa shape index (κ2) is 7.54. The molecular weight excluding hydrogens is 322 g/mol. The van der Waals surface area contributed by atoms with Gasteiger partial charge in [-0.1, -0.05) is 6.07 Å². The lowest BCUT2D eigenvalue weighted by atomic mass is 9.98. The summed E-state index contributed by atoms with van der Waals surface area (Å²) >= 11 is 1.14. The van der Waals surface area contributed by atoms with Gasteiger partial charge in [-0.05, 0) is 43.8 Å². The van der Waals surface area contributed by atoms with Crippen LogP contribution in [0.15, 0.2) is 21.7 Å². The van der Waals surface area contributed by atoms with E-state index in [9.17, 15) is 13.2 Å². The molecule has 1 N–H and O–H groups in total. The fraction of sp³-hybridized carbons (Fsp3) is 0.643. The molecule has 1 amide bonds. The second-order valence-electron chi connectivity index (χ2n) is 5.80. The lowest BCUT2D eigenvalue weighted by Gasteiger charge is -2.32. The Labute approximate surface area is 136 Å². The predicted octanol–water partition coefficient (Wildman–Crippen LogP) is 0.827. The molecule has 124 valence electrons. The van der Waals surface area contributed by atoms with Crippen LogP contribution in [0.5, 0.6) is 0 Å². The second-order valence-corrected chi connectivity index (χ2v) is 8.74. The number of rotatable bonds is 6. The van der Waals surface area contributed by atoms with Crippen LogP contribution in [0.1, 0.15) is 12.8 Å². The Balaban J connectivity index is 1.81. The molecule has 1 aliphatic rings. The van der Waals surface area contributed by atoms with Gasteiger partial charge < -0.3 is 9.80 Å². The minimum absolute atomic E-state index is 0.195. The van der Waals surface area contributed by atoms with Crippen molar-refractivity contribution in [2.75, 3.05) is 40.3 Å². The van der Waals surface area contributed by atoms with E-state index in [1.807, 2.05) is 0 Å². The maximum absolute atomic E-state index is 12.1. The van der Waals surface area contributed by atoms with Gasteiger partial charge in [-0.15, -0.1) is 11.3 Å². The third-order valence-corrected chi connectivity index (χ3v) is 6.65. The number of hydrogen-bond donors (Lipinski definition) is 1. The molecule has 0 aromatic carbocycles. The van der Waals surface area contributed by atoms with Gasteiger partial charge in [0.15, 0.2) is 0 Å². The van der Waals surface area contributed by atoms with Crippen molar-refractivity contribution in [2.45, 2.75) is 17.1 Å². The van der Waals surface area contributed by atoms with Crippen molar-refractivity contribution in [2.24, 2.45) is 5.92 Å². The monoisotopic (exact) mass is 345 g/mol. The van der Waals surface area contributed by atoms with Gasteiger partial charge in [-0.25, -0.2) is 13.1 Å². The van der Waals surface area contributed by atoms with Crippen LogP contribution in [-0.4, -0.2) is 64.4 Å². The van der Waals surface area contributed by atoms with Crippen LogP contribution in [0.3, 0.4) is 0 Å². The van der Waals surface area contributed by atoms with Gasteiger partial charge in [0.25, 0.3) is 10.0 Å². The molecule has 0 unspecified atom stereocenters. The molecule has 0 bridgehead atoms. The molecule has 2 rings (SSSR count). The molecule has 1 atom stereocenters. The quantitative estimate of drug-likeness (QED) is 0.829. The number of piperidine rings is 1. The van der Waals surface area contributed by atoms with Gasteiger partial charge >= 0.3 is 0 Å². The molecule has 0 saturated carbocycles. The van der Waals surface area contributed by atoms with Gasteiger partial charge in [-0.2, -0.15) is 0 Å². The van der Waals surface area contributed by atoms with Crippen LogP contribution in [0.25, 0.3) is 0 Å². The summed E-state index contributed by atoms with van der Waals surface area (Å²) in [6.45, 7) is 2.57. The smallest absolute Gasteiger partial charge is 0.250 e. The Hall–Kier alpha value is -0.960. The minimum Gasteiger partial charge on any atom is -0.344 e. The summed E-state index contributed by atoms with van der Waals surface area (Å²) in [5.41, 5.74) is 0. The zero-order valence-electron chi connectivity index (χ0n) is 13.0. The number of carbonyl (C=O) groups is 1. The molecule has 22 heavy (non-hydrogen) atoms. The molecule has 6 nitrogen and oxygen atoms in total. The third kappa shape index (κ3) is 4.77. The Morgan fingerprint density at radius 1 is 1.55 bits per heavy atom. The molecule has 1 aromatic heterocycles. The van der Waals surface area contributed by atoms with Crippen molar-refractivity contribution in [3.63, 3.8) is 0 Å². The number of nitrogens with zero attached hydrogens (tertiary/aromatic N) is 2. The lowest BCUT2D eigenvalue weighted by molar-refractivity contribution is -0.129. The number of likely N-dealkylation sites (N-methyl/N-ethyl adjacent to an activating group) is 1. The standard InChI is InChI=1S/C14H23N3O3S2/c1-16-7-3-5-12(10-16)11-17(2)13(18)9-15-22(19,20)14-6-4-8-21-14/h4,6,8,12,15H,3,5,7,9-11H2,1-2H3/t12-/m1/s1. The number of amides is 1. The van der Waals surface area contributed by atoms with E-state index in [4.69, 9.17) is 0 Å². The van der Waals surface area contributed by atoms with Crippen molar-refractivity contribution in [3.05, 3.63) is 17.5 Å². The minimum atomic E-state index is -3.57. The predicted molar refractivity (Wildman–Crippen MR) is 87.4 cm³/mol. The van der Waals surface area contributed by atoms with Crippen LogP contribution < -0.4 is 4.72 Å². The first kappa shape index (κ1) is 17.4. The van der Waals surface area contributed by atoms with Gasteiger partial charge in [-0.3, -0.25) is 4.79 Å². The molecule has 1 fully saturated rings. The third-order valence-electron chi connectivity index (χ3n) is 3.85. The van der Waals surface area contributed by atoms with E-state index in [0.717, 1.165) is 37.3 Å². The fourth-order valence-electron chi connectivity index (χ4n) is 2.69. The molecule has 0 radical (unpaired) electrons. The number of carbonyl (C=O) groups excluding carboxylic acids is 1. The van der Waals surface area contributed by atoms with Gasteiger partial charge in [0, 0.05) is 20.1 Å². The fourth-order valence-corrected chi connectivity index (χ4v) is 4.70. The van der Waals surface area contributed by atoms with Crippen molar-refractivity contribution in [3.8, 4) is 0 Å². The van der Waals surface area contributed by atoms with Gasteiger partial charge in [0.1, 0.15) is 4.21 Å². The largest absolute Gasteiger partial charge is 0.344 e. The Kier molecular flexibility index (Phi) is 5.96. The summed E-state index contributed by atoms with van der Waals surface area (Å²) in [6, 6.07) is 3.20. The van der Waals surface area contributed by atoms with E-state index < -0.39 is 10.0 Å². The van der Waals surface area contributed by atoms with Crippen LogP contribution in [0.2, 0.25) is 0 Å². The topological polar surface area (TPSA) is 69.7 Å². The van der Waals surface area contributed by atoms with Crippen LogP contribution in [0, 0.1) is 5.92 Å². The Morgan fingerprint density at radius 3 is 2.95 bits per heavy atom. The maximum Gasteiger partial charge on any atom is 0.250 e. The summed E-state index contributed by atoms with van der Waals surface area (Å²) in [6.07, 6.45) is 2.26. The van der Waals surface area contributed by atoms with E-state index in [0.29, 0.717) is 12.5 Å². The molecule has 0 aliphatic carbocycles. The highest BCUT2D eigenvalue weighted by Crippen LogP contribution is 2.16. The van der Waals surface area contributed by atoms with E-state index in [1.54, 1.807) is 23.4 Å². The lowest BCUT2D eigenvalue weighted by Crippen LogP contribution is -2.43. The first-order valence-electron chi connectivity index (χ1n) is 7.34. The maximum atomic E-state index is 12.1. The van der Waals surface area contributed by atoms with Gasteiger partial charge in [0.2, 0.25) is 5.91 Å². The number of hydrogen-bond acceptors (Lipinski definition) is 5. The molecule has 8 heteroatoms. The Bertz CT molecular complexity index is 586. The SMILES string of the molecule is CN1CCC[C@@H](CN(C)C(=O)CNS(=O)(=O)c2cccs2)C1. The number of nitrogens with one attached hydrogen (secondary N) is 1. The molecular formula is C14H23N3O3S2. The van der Waals surface area contributed by atoms with Crippen molar-refractivity contribution in [1.82, 2.24) is 14.5 Å². The number of likely N-dealkylation sites (tertiary alicyclic amines) is 1. The highest BCUT2D eigenvalue weighted by Gasteiger charge is 2.22. The summed E-state index contributed by atoms with van der Waals surface area (Å²) in [5, 5.41) is 1.70. The van der Waals surface area contributed by atoms with Gasteiger partial charge in [0.05, 0.1) is 6.54 Å². The number of sulfonamides is 1. The van der Waals surface area contributed by atoms with Crippen molar-refractivity contribution >= 4 is 27.3 Å². The summed E-state index contributed by atoms with van der Waals surface area (Å²) in [7, 11) is 0.244. The summed E-state index contributed by atoms with van der Waals surface area (Å²) < 4.78 is 26.6. The highest BCUT2D eigenvalue weighted by atomic mass is 32.2. The van der Waals surface area contributed by atoms with Crippen molar-refractivity contribution in [1.29, 1.82) is 0 Å². The van der Waals surface area contributed by atoms with Crippen molar-refractivity contribution < 1.29 is 13.2 Å². The highest BCUT2D eigenvalue weighted by molar-refractivity contribution is 7.91. The zero-order valence-corrected chi connectivity index (χ0v) is 14.6. The normalized spacial score (nSPS) is 20.0. The zero-order chi connectivity index (χ0) is 16.2. The summed E-state index contributed by atoms with van der Waals surface area (Å²) in [4.78, 5) is 16.0. The molecule has 1 saturated heterocycles. The summed E-state index contributed by atoms with van der Waals surface area (Å²) in [5.74, 6) is 0.259. The van der Waals surface area contributed by atoms with Crippen LogP contribution in [-0.2, 0) is 14.8 Å². The molecule has 1 aliphatic heterocycles. The first-order valence-corrected chi connectivity index (χ1v) is 9.70. The molecule has 2 heterocycles. The van der Waals surface area contributed by atoms with Crippen LogP contribution in [0.4, 0.5) is 0 Å². The molecule has 1 aromatic rings. The van der Waals surface area contributed by atoms with E-state index in [1.165, 1.54) is 6.07 Å². The Morgan fingerprint density at radius 2 is 2.32 bits per heavy atom. The van der Waals surface area contributed by atoms with E-state index in [2.05, 4.69) is 16.7 Å². The van der Waals surface area contributed by atoms with E-state index >= 15 is 0 Å². The van der Waals surface area contributed by atoms with Crippen LogP contribution >= 0.6 is 11.3 Å². The van der Waals surface area contributed by atoms with E-state index in [-0.39, 0.29) is 16.7 Å². The average Bonchev–Trinajstić information content (AvgIpc) is 3.00.